The zero-order valence-electron chi connectivity index (χ0n) is 14.7. The average molecular weight is 337 g/mol. The molecule has 1 aromatic carbocycles. The molecule has 24 heavy (non-hydrogen) atoms. The fourth-order valence-corrected chi connectivity index (χ4v) is 6.76. The van der Waals surface area contributed by atoms with E-state index in [4.69, 9.17) is 0 Å². The minimum absolute atomic E-state index is 0.227. The second-order valence-corrected chi connectivity index (χ2v) is 8.56. The van der Waals surface area contributed by atoms with Gasteiger partial charge in [-0.15, -0.1) is 11.3 Å². The summed E-state index contributed by atoms with van der Waals surface area (Å²) in [6.07, 6.45) is 7.51. The van der Waals surface area contributed by atoms with Crippen LogP contribution in [0.1, 0.15) is 54.7 Å². The van der Waals surface area contributed by atoms with E-state index in [0.717, 1.165) is 0 Å². The second kappa shape index (κ2) is 4.89. The van der Waals surface area contributed by atoms with E-state index < -0.39 is 0 Å². The molecular weight excluding hydrogens is 312 g/mol. The molecule has 1 spiro atoms. The normalized spacial score (nSPS) is 22.0. The lowest BCUT2D eigenvalue weighted by molar-refractivity contribution is 0.421. The molecule has 1 fully saturated rings. The second-order valence-electron chi connectivity index (χ2n) is 7.56. The maximum absolute atomic E-state index is 2.77. The maximum atomic E-state index is 2.77. The minimum Gasteiger partial charge on any atom is -0.354 e. The van der Waals surface area contributed by atoms with Gasteiger partial charge in [0.15, 0.2) is 0 Å². The predicted octanol–water partition coefficient (Wildman–Crippen LogP) is 5.90. The third-order valence-electron chi connectivity index (χ3n) is 6.24. The Kier molecular flexibility index (Phi) is 2.97. The summed E-state index contributed by atoms with van der Waals surface area (Å²) in [4.78, 5) is 5.86. The number of fused-ring (bicyclic) bond motifs is 4. The summed E-state index contributed by atoms with van der Waals surface area (Å²) in [7, 11) is 2.18. The molecule has 0 N–H and O–H groups in total. The summed E-state index contributed by atoms with van der Waals surface area (Å²) in [6, 6.07) is 11.7. The molecule has 1 saturated carbocycles. The molecule has 3 aromatic rings. The molecule has 1 aliphatic heterocycles. The highest BCUT2D eigenvalue weighted by Gasteiger charge is 2.52. The van der Waals surface area contributed by atoms with Crippen molar-refractivity contribution in [1.29, 1.82) is 0 Å². The largest absolute Gasteiger partial charge is 0.354 e. The van der Waals surface area contributed by atoms with Crippen molar-refractivity contribution in [1.82, 2.24) is 4.57 Å². The van der Waals surface area contributed by atoms with E-state index in [1.807, 2.05) is 11.3 Å². The van der Waals surface area contributed by atoms with Crippen LogP contribution in [0.15, 0.2) is 36.5 Å². The molecule has 1 aliphatic carbocycles. The van der Waals surface area contributed by atoms with Crippen LogP contribution >= 0.6 is 11.3 Å². The first-order valence-corrected chi connectivity index (χ1v) is 9.88. The average Bonchev–Trinajstić information content (AvgIpc) is 3.29. The topological polar surface area (TPSA) is 8.17 Å². The third kappa shape index (κ3) is 1.66. The van der Waals surface area contributed by atoms with E-state index in [-0.39, 0.29) is 5.54 Å². The molecule has 2 nitrogen and oxygen atoms in total. The van der Waals surface area contributed by atoms with Crippen molar-refractivity contribution < 1.29 is 0 Å². The molecule has 0 saturated heterocycles. The summed E-state index contributed by atoms with van der Waals surface area (Å²) in [6.45, 7) is 4.67. The predicted molar refractivity (Wildman–Crippen MR) is 103 cm³/mol. The smallest absolute Gasteiger partial charge is 0.103 e. The monoisotopic (exact) mass is 336 g/mol. The Morgan fingerprint density at radius 3 is 2.62 bits per heavy atom. The first kappa shape index (κ1) is 14.6. The Morgan fingerprint density at radius 1 is 1.12 bits per heavy atom. The number of rotatable bonds is 1. The summed E-state index contributed by atoms with van der Waals surface area (Å²) in [5.74, 6) is 0. The Balaban J connectivity index is 1.79. The van der Waals surface area contributed by atoms with Gasteiger partial charge < -0.3 is 9.47 Å². The molecule has 3 heteroatoms. The molecule has 0 amide bonds. The van der Waals surface area contributed by atoms with E-state index in [1.54, 1.807) is 10.4 Å². The van der Waals surface area contributed by atoms with E-state index >= 15 is 0 Å². The molecule has 2 aliphatic rings. The highest BCUT2D eigenvalue weighted by atomic mass is 32.1. The summed E-state index contributed by atoms with van der Waals surface area (Å²) >= 11 is 2.05. The minimum atomic E-state index is 0.227. The van der Waals surface area contributed by atoms with Crippen LogP contribution in [0.25, 0.3) is 10.2 Å². The highest BCUT2D eigenvalue weighted by Crippen LogP contribution is 2.60. The van der Waals surface area contributed by atoms with Gasteiger partial charge in [-0.2, -0.15) is 0 Å². The zero-order chi connectivity index (χ0) is 16.5. The lowest BCUT2D eigenvalue weighted by Gasteiger charge is -2.41. The van der Waals surface area contributed by atoms with Crippen LogP contribution in [0.5, 0.6) is 0 Å². The lowest BCUT2D eigenvalue weighted by atomic mass is 9.94. The van der Waals surface area contributed by atoms with Gasteiger partial charge in [0.05, 0.1) is 11.6 Å². The molecule has 1 atom stereocenters. The van der Waals surface area contributed by atoms with Crippen LogP contribution in [0.3, 0.4) is 0 Å². The van der Waals surface area contributed by atoms with Gasteiger partial charge in [0.1, 0.15) is 4.83 Å². The fraction of sp³-hybridized carbons (Fsp3) is 0.429. The molecule has 2 aromatic heterocycles. The van der Waals surface area contributed by atoms with Crippen molar-refractivity contribution in [3.63, 3.8) is 0 Å². The number of aryl methyl sites for hydroxylation is 2. The molecule has 1 unspecified atom stereocenters. The highest BCUT2D eigenvalue weighted by molar-refractivity contribution is 7.19. The zero-order valence-corrected chi connectivity index (χ0v) is 15.5. The molecule has 0 radical (unpaired) electrons. The van der Waals surface area contributed by atoms with Crippen LogP contribution in [-0.2, 0) is 12.6 Å². The Morgan fingerprint density at radius 2 is 1.88 bits per heavy atom. The summed E-state index contributed by atoms with van der Waals surface area (Å²) in [5, 5.41) is 1.48. The van der Waals surface area contributed by atoms with Gasteiger partial charge >= 0.3 is 0 Å². The fourth-order valence-electron chi connectivity index (χ4n) is 5.19. The van der Waals surface area contributed by atoms with Gasteiger partial charge in [0.25, 0.3) is 0 Å². The van der Waals surface area contributed by atoms with Gasteiger partial charge in [-0.25, -0.2) is 0 Å². The first-order chi connectivity index (χ1) is 11.6. The number of nitrogens with zero attached hydrogens (tertiary/aromatic N) is 2. The SMILES string of the molecule is Cc1ccccc1N1C(C)c2c(sc3c2ccn3C)C12CCCC2. The number of aromatic nitrogens is 1. The van der Waals surface area contributed by atoms with Gasteiger partial charge in [-0.3, -0.25) is 0 Å². The first-order valence-electron chi connectivity index (χ1n) is 9.07. The Bertz CT molecular complexity index is 927. The van der Waals surface area contributed by atoms with Crippen LogP contribution in [0, 0.1) is 6.92 Å². The van der Waals surface area contributed by atoms with Crippen LogP contribution in [-0.4, -0.2) is 4.57 Å². The van der Waals surface area contributed by atoms with Crippen molar-refractivity contribution in [2.45, 2.75) is 51.1 Å². The molecule has 124 valence electrons. The Labute approximate surface area is 147 Å². The number of anilines is 1. The van der Waals surface area contributed by atoms with E-state index in [9.17, 15) is 0 Å². The lowest BCUT2D eigenvalue weighted by Crippen LogP contribution is -2.40. The molecule has 0 bridgehead atoms. The van der Waals surface area contributed by atoms with Gasteiger partial charge in [0, 0.05) is 34.8 Å². The van der Waals surface area contributed by atoms with Crippen LogP contribution in [0.4, 0.5) is 5.69 Å². The number of para-hydroxylation sites is 1. The van der Waals surface area contributed by atoms with Crippen molar-refractivity contribution in [2.75, 3.05) is 4.90 Å². The van der Waals surface area contributed by atoms with Gasteiger partial charge in [-0.1, -0.05) is 31.0 Å². The number of benzene rings is 1. The van der Waals surface area contributed by atoms with Gasteiger partial charge in [0.2, 0.25) is 0 Å². The van der Waals surface area contributed by atoms with E-state index in [2.05, 4.69) is 66.9 Å². The number of hydrogen-bond donors (Lipinski definition) is 0. The quantitative estimate of drug-likeness (QED) is 0.537. The van der Waals surface area contributed by atoms with Crippen molar-refractivity contribution >= 4 is 27.2 Å². The van der Waals surface area contributed by atoms with Crippen LogP contribution < -0.4 is 4.90 Å². The summed E-state index contributed by atoms with van der Waals surface area (Å²) in [5.41, 5.74) is 4.65. The van der Waals surface area contributed by atoms with E-state index in [1.165, 1.54) is 47.2 Å². The molecule has 3 heterocycles. The van der Waals surface area contributed by atoms with Gasteiger partial charge in [-0.05, 0) is 44.4 Å². The number of thiophene rings is 1. The van der Waals surface area contributed by atoms with Crippen molar-refractivity contribution in [3.8, 4) is 0 Å². The number of hydrogen-bond acceptors (Lipinski definition) is 2. The molecule has 5 rings (SSSR count). The summed E-state index contributed by atoms with van der Waals surface area (Å²) < 4.78 is 2.30. The van der Waals surface area contributed by atoms with Crippen LogP contribution in [0.2, 0.25) is 0 Å². The van der Waals surface area contributed by atoms with Crippen molar-refractivity contribution in [2.24, 2.45) is 7.05 Å². The van der Waals surface area contributed by atoms with E-state index in [0.29, 0.717) is 6.04 Å². The third-order valence-corrected chi connectivity index (χ3v) is 7.75. The molecular formula is C21H24N2S. The maximum Gasteiger partial charge on any atom is 0.103 e. The standard InChI is InChI=1S/C21H24N2S/c1-14-8-4-5-9-17(14)23-15(2)18-16-10-13-22(3)20(16)24-19(18)21(23)11-6-7-12-21/h4-5,8-10,13,15H,6-7,11-12H2,1-3H3. The Hall–Kier alpha value is -1.74. The van der Waals surface area contributed by atoms with Crippen molar-refractivity contribution in [3.05, 3.63) is 52.5 Å².